The molecule has 2 aromatic rings. The highest BCUT2D eigenvalue weighted by Crippen LogP contribution is 2.30. The average molecular weight is 433 g/mol. The Morgan fingerprint density at radius 1 is 1.28 bits per heavy atom. The molecule has 0 bridgehead atoms. The Bertz CT molecular complexity index is 803. The zero-order valence-corrected chi connectivity index (χ0v) is 17.0. The van der Waals surface area contributed by atoms with Crippen molar-refractivity contribution in [2.24, 2.45) is 0 Å². The molecule has 1 aliphatic rings. The van der Waals surface area contributed by atoms with Crippen LogP contribution in [0, 0.1) is 0 Å². The monoisotopic (exact) mass is 432 g/mol. The fraction of sp³-hybridized carbons (Fsp3) is 0.526. The van der Waals surface area contributed by atoms with Gasteiger partial charge in [-0.1, -0.05) is 5.16 Å². The van der Waals surface area contributed by atoms with Crippen LogP contribution < -0.4 is 5.32 Å². The van der Waals surface area contributed by atoms with Gasteiger partial charge in [0.1, 0.15) is 0 Å². The molecule has 1 amide bonds. The van der Waals surface area contributed by atoms with E-state index in [1.54, 1.807) is 4.90 Å². The van der Waals surface area contributed by atoms with Crippen molar-refractivity contribution in [2.45, 2.75) is 44.3 Å². The Labute approximate surface area is 173 Å². The lowest BCUT2D eigenvalue weighted by atomic mass is 9.96. The fourth-order valence-electron chi connectivity index (χ4n) is 3.21. The number of likely N-dealkylation sites (tertiary alicyclic amines) is 1. The summed E-state index contributed by atoms with van der Waals surface area (Å²) in [4.78, 5) is 18.7. The number of nitrogens with one attached hydrogen (secondary N) is 1. The molecule has 0 spiro atoms. The number of likely N-dealkylation sites (N-methyl/N-ethyl adjacent to an activating group) is 1. The van der Waals surface area contributed by atoms with E-state index in [1.807, 2.05) is 14.0 Å². The third-order valence-electron chi connectivity index (χ3n) is 5.06. The first-order valence-electron chi connectivity index (χ1n) is 9.24. The Morgan fingerprint density at radius 3 is 2.45 bits per heavy atom. The zero-order chi connectivity index (χ0) is 20.3. The molecule has 1 N–H and O–H groups in total. The van der Waals surface area contributed by atoms with E-state index in [9.17, 15) is 18.0 Å². The average Bonchev–Trinajstić information content (AvgIpc) is 3.15. The van der Waals surface area contributed by atoms with E-state index in [4.69, 9.17) is 4.52 Å². The number of hydrogen-bond acceptors (Lipinski definition) is 5. The molecule has 10 heteroatoms. The van der Waals surface area contributed by atoms with Crippen LogP contribution in [0.5, 0.6) is 0 Å². The molecular weight excluding hydrogens is 409 g/mol. The minimum atomic E-state index is -4.41. The molecule has 3 rings (SSSR count). The Hall–Kier alpha value is -2.13. The van der Waals surface area contributed by atoms with Crippen LogP contribution in [0.1, 0.15) is 53.3 Å². The molecule has 1 saturated heterocycles. The number of carbonyl (C=O) groups excluding carboxylic acids is 1. The van der Waals surface area contributed by atoms with Gasteiger partial charge in [0.25, 0.3) is 5.91 Å². The van der Waals surface area contributed by atoms with Gasteiger partial charge < -0.3 is 14.7 Å². The summed E-state index contributed by atoms with van der Waals surface area (Å²) < 4.78 is 43.3. The summed E-state index contributed by atoms with van der Waals surface area (Å²) in [6.07, 6.45) is -2.38. The number of aromatic nitrogens is 2. The van der Waals surface area contributed by atoms with Gasteiger partial charge in [-0.25, -0.2) is 0 Å². The second kappa shape index (κ2) is 9.58. The van der Waals surface area contributed by atoms with E-state index < -0.39 is 11.7 Å². The molecule has 1 atom stereocenters. The highest BCUT2D eigenvalue weighted by atomic mass is 35.5. The number of piperidine rings is 1. The van der Waals surface area contributed by atoms with E-state index in [-0.39, 0.29) is 35.8 Å². The number of nitrogens with zero attached hydrogens (tertiary/aromatic N) is 3. The molecular formula is C19H24ClF3N4O2. The molecule has 0 aliphatic carbocycles. The van der Waals surface area contributed by atoms with Gasteiger partial charge in [-0.3, -0.25) is 4.79 Å². The van der Waals surface area contributed by atoms with Gasteiger partial charge in [0.2, 0.25) is 5.89 Å². The minimum Gasteiger partial charge on any atom is -0.339 e. The van der Waals surface area contributed by atoms with Gasteiger partial charge >= 0.3 is 6.18 Å². The first kappa shape index (κ1) is 23.2. The molecule has 1 aliphatic heterocycles. The van der Waals surface area contributed by atoms with Crippen molar-refractivity contribution in [3.8, 4) is 0 Å². The molecule has 29 heavy (non-hydrogen) atoms. The number of hydrogen-bond donors (Lipinski definition) is 1. The van der Waals surface area contributed by atoms with Crippen molar-refractivity contribution in [2.75, 3.05) is 20.1 Å². The maximum absolute atomic E-state index is 12.7. The fourth-order valence-corrected chi connectivity index (χ4v) is 3.21. The smallest absolute Gasteiger partial charge is 0.339 e. The number of rotatable bonds is 5. The van der Waals surface area contributed by atoms with Crippen LogP contribution in [-0.2, 0) is 12.6 Å². The molecule has 0 saturated carbocycles. The largest absolute Gasteiger partial charge is 0.416 e. The van der Waals surface area contributed by atoms with Crippen molar-refractivity contribution in [3.63, 3.8) is 0 Å². The number of carbonyl (C=O) groups is 1. The van der Waals surface area contributed by atoms with Crippen LogP contribution in [0.2, 0.25) is 0 Å². The second-order valence-electron chi connectivity index (χ2n) is 7.08. The maximum Gasteiger partial charge on any atom is 0.416 e. The lowest BCUT2D eigenvalue weighted by Crippen LogP contribution is -2.38. The van der Waals surface area contributed by atoms with E-state index >= 15 is 0 Å². The van der Waals surface area contributed by atoms with Crippen LogP contribution in [0.25, 0.3) is 0 Å². The molecule has 160 valence electrons. The summed E-state index contributed by atoms with van der Waals surface area (Å²) in [5.41, 5.74) is -0.505. The van der Waals surface area contributed by atoms with Gasteiger partial charge in [-0.2, -0.15) is 18.2 Å². The Balaban J connectivity index is 0.00000300. The standard InChI is InChI=1S/C19H23F3N4O2.ClH/c1-12(23-2)11-16-24-17(28-25-16)13-7-9-26(10-8-13)18(27)14-3-5-15(6-4-14)19(20,21)22;/h3-6,12-13,23H,7-11H2,1-2H3;1H. The van der Waals surface area contributed by atoms with Crippen LogP contribution in [0.3, 0.4) is 0 Å². The predicted molar refractivity (Wildman–Crippen MR) is 103 cm³/mol. The van der Waals surface area contributed by atoms with Crippen LogP contribution in [0.4, 0.5) is 13.2 Å². The van der Waals surface area contributed by atoms with E-state index in [1.165, 1.54) is 12.1 Å². The van der Waals surface area contributed by atoms with E-state index in [2.05, 4.69) is 15.5 Å². The number of benzene rings is 1. The van der Waals surface area contributed by atoms with E-state index in [0.717, 1.165) is 12.1 Å². The first-order chi connectivity index (χ1) is 13.3. The summed E-state index contributed by atoms with van der Waals surface area (Å²) in [5.74, 6) is 1.06. The van der Waals surface area contributed by atoms with Gasteiger partial charge in [0, 0.05) is 37.0 Å². The topological polar surface area (TPSA) is 71.3 Å². The third-order valence-corrected chi connectivity index (χ3v) is 5.06. The molecule has 6 nitrogen and oxygen atoms in total. The number of alkyl halides is 3. The second-order valence-corrected chi connectivity index (χ2v) is 7.08. The normalized spacial score (nSPS) is 16.4. The highest BCUT2D eigenvalue weighted by molar-refractivity contribution is 5.94. The molecule has 0 radical (unpaired) electrons. The van der Waals surface area contributed by atoms with Gasteiger partial charge in [-0.05, 0) is 51.1 Å². The Morgan fingerprint density at radius 2 is 1.90 bits per heavy atom. The zero-order valence-electron chi connectivity index (χ0n) is 16.2. The summed E-state index contributed by atoms with van der Waals surface area (Å²) in [7, 11) is 1.87. The van der Waals surface area contributed by atoms with Crippen LogP contribution in [0.15, 0.2) is 28.8 Å². The first-order valence-corrected chi connectivity index (χ1v) is 9.24. The molecule has 1 aromatic carbocycles. The minimum absolute atomic E-state index is 0. The SMILES string of the molecule is CNC(C)Cc1noc(C2CCN(C(=O)c3ccc(C(F)(F)F)cc3)CC2)n1.Cl. The van der Waals surface area contributed by atoms with Gasteiger partial charge in [0.05, 0.1) is 5.56 Å². The van der Waals surface area contributed by atoms with Crippen LogP contribution >= 0.6 is 12.4 Å². The van der Waals surface area contributed by atoms with Crippen molar-refractivity contribution in [1.29, 1.82) is 0 Å². The lowest BCUT2D eigenvalue weighted by molar-refractivity contribution is -0.137. The summed E-state index contributed by atoms with van der Waals surface area (Å²) >= 11 is 0. The van der Waals surface area contributed by atoms with Crippen molar-refractivity contribution >= 4 is 18.3 Å². The number of halogens is 4. The lowest BCUT2D eigenvalue weighted by Gasteiger charge is -2.30. The molecule has 1 fully saturated rings. The van der Waals surface area contributed by atoms with Crippen molar-refractivity contribution in [3.05, 3.63) is 47.1 Å². The highest BCUT2D eigenvalue weighted by Gasteiger charge is 2.31. The summed E-state index contributed by atoms with van der Waals surface area (Å²) in [6, 6.07) is 4.57. The summed E-state index contributed by atoms with van der Waals surface area (Å²) in [5, 5.41) is 7.13. The molecule has 2 heterocycles. The van der Waals surface area contributed by atoms with E-state index in [0.29, 0.717) is 44.1 Å². The van der Waals surface area contributed by atoms with Gasteiger partial charge in [-0.15, -0.1) is 12.4 Å². The van der Waals surface area contributed by atoms with Gasteiger partial charge in [0.15, 0.2) is 5.82 Å². The molecule has 1 unspecified atom stereocenters. The number of amides is 1. The summed E-state index contributed by atoms with van der Waals surface area (Å²) in [6.45, 7) is 3.02. The quantitative estimate of drug-likeness (QED) is 0.780. The Kier molecular flexibility index (Phi) is 7.65. The maximum atomic E-state index is 12.7. The van der Waals surface area contributed by atoms with Crippen molar-refractivity contribution < 1.29 is 22.5 Å². The molecule has 1 aromatic heterocycles. The van der Waals surface area contributed by atoms with Crippen LogP contribution in [-0.4, -0.2) is 47.1 Å². The third kappa shape index (κ3) is 5.70. The predicted octanol–water partition coefficient (Wildman–Crippen LogP) is 3.68. The van der Waals surface area contributed by atoms with Crippen molar-refractivity contribution in [1.82, 2.24) is 20.4 Å².